The molecule has 106 valence electrons. The SMILES string of the molecule is Nc1ccc2nc(Sc3cc(=O)[nH]c(C4CC4)n3)oc2c1. The average Bonchev–Trinajstić information content (AvgIpc) is 3.20. The Labute approximate surface area is 123 Å². The molecule has 3 aromatic rings. The van der Waals surface area contributed by atoms with Crippen molar-refractivity contribution < 1.29 is 4.42 Å². The second-order valence-electron chi connectivity index (χ2n) is 5.05. The molecule has 0 amide bonds. The third-order valence-electron chi connectivity index (χ3n) is 3.29. The second-order valence-corrected chi connectivity index (χ2v) is 6.02. The number of benzene rings is 1. The van der Waals surface area contributed by atoms with E-state index >= 15 is 0 Å². The predicted octanol–water partition coefficient (Wildman–Crippen LogP) is 2.52. The summed E-state index contributed by atoms with van der Waals surface area (Å²) >= 11 is 1.24. The molecule has 0 unspecified atom stereocenters. The Morgan fingerprint density at radius 1 is 1.29 bits per heavy atom. The first kappa shape index (κ1) is 12.5. The minimum atomic E-state index is -0.144. The molecule has 6 nitrogen and oxygen atoms in total. The number of aromatic nitrogens is 3. The van der Waals surface area contributed by atoms with Crippen molar-refractivity contribution >= 4 is 28.5 Å². The number of H-pyrrole nitrogens is 1. The van der Waals surface area contributed by atoms with Gasteiger partial charge in [0.2, 0.25) is 0 Å². The number of oxazole rings is 1. The standard InChI is InChI=1S/C14H12N4O2S/c15-8-3-4-9-10(5-8)20-14(16-9)21-12-6-11(19)17-13(18-12)7-1-2-7/h3-7H,1-2,15H2,(H,17,18,19). The van der Waals surface area contributed by atoms with E-state index in [4.69, 9.17) is 10.2 Å². The zero-order valence-corrected chi connectivity index (χ0v) is 11.8. The fraction of sp³-hybridized carbons (Fsp3) is 0.214. The van der Waals surface area contributed by atoms with Gasteiger partial charge >= 0.3 is 0 Å². The maximum atomic E-state index is 11.7. The summed E-state index contributed by atoms with van der Waals surface area (Å²) in [6.07, 6.45) is 2.17. The summed E-state index contributed by atoms with van der Waals surface area (Å²) in [7, 11) is 0. The lowest BCUT2D eigenvalue weighted by atomic mass is 10.3. The van der Waals surface area contributed by atoms with E-state index in [0.29, 0.717) is 27.4 Å². The number of rotatable bonds is 3. The van der Waals surface area contributed by atoms with Crippen molar-refractivity contribution in [3.8, 4) is 0 Å². The van der Waals surface area contributed by atoms with Crippen LogP contribution in [0.4, 0.5) is 5.69 Å². The maximum Gasteiger partial charge on any atom is 0.263 e. The number of nitrogens with two attached hydrogens (primary N) is 1. The van der Waals surface area contributed by atoms with Gasteiger partial charge in [-0.2, -0.15) is 0 Å². The number of aromatic amines is 1. The molecule has 3 N–H and O–H groups in total. The van der Waals surface area contributed by atoms with Gasteiger partial charge in [-0.15, -0.1) is 0 Å². The Bertz CT molecular complexity index is 882. The monoisotopic (exact) mass is 300 g/mol. The fourth-order valence-electron chi connectivity index (χ4n) is 2.11. The molecule has 0 aliphatic heterocycles. The van der Waals surface area contributed by atoms with Crippen LogP contribution in [0.2, 0.25) is 0 Å². The third-order valence-corrected chi connectivity index (χ3v) is 4.05. The van der Waals surface area contributed by atoms with E-state index in [1.54, 1.807) is 18.2 Å². The van der Waals surface area contributed by atoms with Crippen molar-refractivity contribution in [3.05, 3.63) is 40.4 Å². The average molecular weight is 300 g/mol. The molecule has 1 fully saturated rings. The van der Waals surface area contributed by atoms with Gasteiger partial charge in [0.1, 0.15) is 16.4 Å². The van der Waals surface area contributed by atoms with E-state index in [1.807, 2.05) is 0 Å². The molecule has 0 saturated heterocycles. The van der Waals surface area contributed by atoms with Crippen LogP contribution in [0.3, 0.4) is 0 Å². The molecule has 21 heavy (non-hydrogen) atoms. The summed E-state index contributed by atoms with van der Waals surface area (Å²) in [5, 5.41) is 1.05. The summed E-state index contributed by atoms with van der Waals surface area (Å²) in [5.74, 6) is 1.15. The minimum Gasteiger partial charge on any atom is -0.431 e. The van der Waals surface area contributed by atoms with Crippen molar-refractivity contribution in [3.63, 3.8) is 0 Å². The molecule has 0 atom stereocenters. The van der Waals surface area contributed by atoms with E-state index in [-0.39, 0.29) is 5.56 Å². The Hall–Kier alpha value is -2.28. The molecule has 1 aliphatic rings. The molecular formula is C14H12N4O2S. The molecular weight excluding hydrogens is 288 g/mol. The summed E-state index contributed by atoms with van der Waals surface area (Å²) in [6.45, 7) is 0. The second kappa shape index (κ2) is 4.63. The Balaban J connectivity index is 1.69. The van der Waals surface area contributed by atoms with E-state index in [1.165, 1.54) is 17.8 Å². The van der Waals surface area contributed by atoms with Gasteiger partial charge in [-0.25, -0.2) is 9.97 Å². The first-order valence-electron chi connectivity index (χ1n) is 6.62. The molecule has 2 heterocycles. The van der Waals surface area contributed by atoms with Gasteiger partial charge in [0.15, 0.2) is 5.58 Å². The first-order valence-corrected chi connectivity index (χ1v) is 7.44. The predicted molar refractivity (Wildman–Crippen MR) is 79.4 cm³/mol. The van der Waals surface area contributed by atoms with Gasteiger partial charge in [0.05, 0.1) is 0 Å². The summed E-state index contributed by atoms with van der Waals surface area (Å²) < 4.78 is 5.63. The van der Waals surface area contributed by atoms with Crippen LogP contribution in [-0.2, 0) is 0 Å². The number of nitrogens with zero attached hydrogens (tertiary/aromatic N) is 2. The molecule has 1 saturated carbocycles. The van der Waals surface area contributed by atoms with Crippen LogP contribution < -0.4 is 11.3 Å². The molecule has 1 aromatic carbocycles. The van der Waals surface area contributed by atoms with Crippen molar-refractivity contribution in [1.29, 1.82) is 0 Å². The first-order chi connectivity index (χ1) is 10.2. The number of nitrogens with one attached hydrogen (secondary N) is 1. The van der Waals surface area contributed by atoms with Crippen molar-refractivity contribution in [2.24, 2.45) is 0 Å². The Kier molecular flexibility index (Phi) is 2.75. The van der Waals surface area contributed by atoms with Crippen LogP contribution in [0.25, 0.3) is 11.1 Å². The number of hydrogen-bond acceptors (Lipinski definition) is 6. The smallest absolute Gasteiger partial charge is 0.263 e. The zero-order chi connectivity index (χ0) is 14.4. The van der Waals surface area contributed by atoms with Gasteiger partial charge in [0.25, 0.3) is 10.8 Å². The van der Waals surface area contributed by atoms with Gasteiger partial charge in [-0.1, -0.05) is 0 Å². The highest BCUT2D eigenvalue weighted by molar-refractivity contribution is 7.99. The molecule has 0 spiro atoms. The van der Waals surface area contributed by atoms with Gasteiger partial charge in [-0.3, -0.25) is 4.79 Å². The van der Waals surface area contributed by atoms with Crippen LogP contribution in [0.15, 0.2) is 43.7 Å². The molecule has 2 aromatic heterocycles. The van der Waals surface area contributed by atoms with Crippen LogP contribution >= 0.6 is 11.8 Å². The van der Waals surface area contributed by atoms with Gasteiger partial charge in [0, 0.05) is 23.7 Å². The summed E-state index contributed by atoms with van der Waals surface area (Å²) in [4.78, 5) is 23.3. The zero-order valence-electron chi connectivity index (χ0n) is 11.0. The largest absolute Gasteiger partial charge is 0.431 e. The highest BCUT2D eigenvalue weighted by Crippen LogP contribution is 2.38. The third kappa shape index (κ3) is 2.52. The lowest BCUT2D eigenvalue weighted by Crippen LogP contribution is -2.09. The van der Waals surface area contributed by atoms with E-state index in [9.17, 15) is 4.79 Å². The molecule has 1 aliphatic carbocycles. The van der Waals surface area contributed by atoms with Crippen molar-refractivity contribution in [2.45, 2.75) is 29.0 Å². The van der Waals surface area contributed by atoms with Crippen molar-refractivity contribution in [2.75, 3.05) is 5.73 Å². The van der Waals surface area contributed by atoms with Gasteiger partial charge in [-0.05, 0) is 36.7 Å². The Morgan fingerprint density at radius 2 is 2.14 bits per heavy atom. The summed E-state index contributed by atoms with van der Waals surface area (Å²) in [6, 6.07) is 6.77. The Morgan fingerprint density at radius 3 is 2.95 bits per heavy atom. The fourth-order valence-corrected chi connectivity index (χ4v) is 2.87. The maximum absolute atomic E-state index is 11.7. The number of hydrogen-bond donors (Lipinski definition) is 2. The van der Waals surface area contributed by atoms with Crippen molar-refractivity contribution in [1.82, 2.24) is 15.0 Å². The van der Waals surface area contributed by atoms with Crippen LogP contribution in [-0.4, -0.2) is 15.0 Å². The number of anilines is 1. The van der Waals surface area contributed by atoms with E-state index < -0.39 is 0 Å². The molecule has 0 radical (unpaired) electrons. The lowest BCUT2D eigenvalue weighted by Gasteiger charge is -2.00. The number of fused-ring (bicyclic) bond motifs is 1. The lowest BCUT2D eigenvalue weighted by molar-refractivity contribution is 0.489. The minimum absolute atomic E-state index is 0.144. The molecule has 0 bridgehead atoms. The van der Waals surface area contributed by atoms with Gasteiger partial charge < -0.3 is 15.1 Å². The quantitative estimate of drug-likeness (QED) is 0.569. The topological polar surface area (TPSA) is 97.8 Å². The van der Waals surface area contributed by atoms with Crippen LogP contribution in [0.5, 0.6) is 0 Å². The van der Waals surface area contributed by atoms with Crippen LogP contribution in [0, 0.1) is 0 Å². The van der Waals surface area contributed by atoms with E-state index in [2.05, 4.69) is 15.0 Å². The normalized spacial score (nSPS) is 14.7. The highest BCUT2D eigenvalue weighted by atomic mass is 32.2. The molecule has 4 rings (SSSR count). The van der Waals surface area contributed by atoms with E-state index in [0.717, 1.165) is 24.2 Å². The van der Waals surface area contributed by atoms with Crippen LogP contribution in [0.1, 0.15) is 24.6 Å². The highest BCUT2D eigenvalue weighted by Gasteiger charge is 2.26. The number of nitrogen functional groups attached to an aromatic ring is 1. The summed E-state index contributed by atoms with van der Waals surface area (Å²) in [5.41, 5.74) is 7.56. The molecule has 7 heteroatoms.